The van der Waals surface area contributed by atoms with Crippen molar-refractivity contribution in [2.75, 3.05) is 13.2 Å². The van der Waals surface area contributed by atoms with Gasteiger partial charge >= 0.3 is 0 Å². The summed E-state index contributed by atoms with van der Waals surface area (Å²) in [6.45, 7) is 2.92. The highest BCUT2D eigenvalue weighted by Gasteiger charge is 2.31. The van der Waals surface area contributed by atoms with Crippen LogP contribution in [-0.4, -0.2) is 28.3 Å². The van der Waals surface area contributed by atoms with Crippen molar-refractivity contribution in [1.82, 2.24) is 4.90 Å². The molecule has 23 heavy (non-hydrogen) atoms. The van der Waals surface area contributed by atoms with Gasteiger partial charge in [0.1, 0.15) is 16.7 Å². The lowest BCUT2D eigenvalue weighted by molar-refractivity contribution is -0.122. The van der Waals surface area contributed by atoms with Crippen molar-refractivity contribution in [2.45, 2.75) is 6.92 Å². The van der Waals surface area contributed by atoms with Crippen LogP contribution in [0.3, 0.4) is 0 Å². The second-order valence-corrected chi connectivity index (χ2v) is 7.59. The van der Waals surface area contributed by atoms with Gasteiger partial charge in [0.25, 0.3) is 5.91 Å². The van der Waals surface area contributed by atoms with E-state index in [1.54, 1.807) is 16.2 Å². The lowest BCUT2D eigenvalue weighted by atomic mass is 10.2. The van der Waals surface area contributed by atoms with Crippen LogP contribution in [0.4, 0.5) is 0 Å². The molecule has 1 fully saturated rings. The number of thiophene rings is 1. The third-order valence-electron chi connectivity index (χ3n) is 3.36. The van der Waals surface area contributed by atoms with Gasteiger partial charge in [-0.1, -0.05) is 42.2 Å². The maximum Gasteiger partial charge on any atom is 0.266 e. The Kier molecular flexibility index (Phi) is 5.15. The van der Waals surface area contributed by atoms with Gasteiger partial charge in [0.2, 0.25) is 0 Å². The average molecular weight is 362 g/mol. The van der Waals surface area contributed by atoms with Crippen LogP contribution in [0.5, 0.6) is 5.75 Å². The Bertz CT molecular complexity index is 752. The predicted octanol–water partition coefficient (Wildman–Crippen LogP) is 4.34. The lowest BCUT2D eigenvalue weighted by Gasteiger charge is -2.14. The summed E-state index contributed by atoms with van der Waals surface area (Å²) in [4.78, 5) is 15.9. The minimum absolute atomic E-state index is 0.0375. The molecule has 6 heteroatoms. The Balaban J connectivity index is 1.63. The zero-order valence-electron chi connectivity index (χ0n) is 12.5. The smallest absolute Gasteiger partial charge is 0.266 e. The predicted molar refractivity (Wildman–Crippen MR) is 101 cm³/mol. The van der Waals surface area contributed by atoms with E-state index < -0.39 is 0 Å². The van der Waals surface area contributed by atoms with Crippen molar-refractivity contribution in [3.05, 3.63) is 57.1 Å². The van der Waals surface area contributed by atoms with Crippen molar-refractivity contribution in [2.24, 2.45) is 0 Å². The normalized spacial score (nSPS) is 16.4. The first kappa shape index (κ1) is 16.2. The van der Waals surface area contributed by atoms with Gasteiger partial charge in [-0.15, -0.1) is 11.3 Å². The van der Waals surface area contributed by atoms with Gasteiger partial charge in [-0.25, -0.2) is 0 Å². The van der Waals surface area contributed by atoms with E-state index in [1.165, 1.54) is 17.3 Å². The van der Waals surface area contributed by atoms with E-state index >= 15 is 0 Å². The molecule has 1 amide bonds. The second-order valence-electron chi connectivity index (χ2n) is 4.96. The largest absolute Gasteiger partial charge is 0.492 e. The zero-order chi connectivity index (χ0) is 16.2. The Labute approximate surface area is 149 Å². The van der Waals surface area contributed by atoms with Gasteiger partial charge in [-0.2, -0.15) is 0 Å². The third-order valence-corrected chi connectivity index (χ3v) is 5.71. The minimum Gasteiger partial charge on any atom is -0.492 e. The summed E-state index contributed by atoms with van der Waals surface area (Å²) in [5.41, 5.74) is 1.17. The molecule has 0 spiro atoms. The van der Waals surface area contributed by atoms with E-state index in [0.717, 1.165) is 10.6 Å². The number of para-hydroxylation sites is 1. The van der Waals surface area contributed by atoms with E-state index in [-0.39, 0.29) is 5.91 Å². The van der Waals surface area contributed by atoms with Crippen LogP contribution in [0.15, 0.2) is 46.7 Å². The highest BCUT2D eigenvalue weighted by molar-refractivity contribution is 8.26. The first-order valence-corrected chi connectivity index (χ1v) is 9.23. The number of benzene rings is 1. The van der Waals surface area contributed by atoms with Gasteiger partial charge in [0.15, 0.2) is 0 Å². The first-order chi connectivity index (χ1) is 11.1. The number of carbonyl (C=O) groups is 1. The van der Waals surface area contributed by atoms with Gasteiger partial charge in [-0.3, -0.25) is 9.69 Å². The quantitative estimate of drug-likeness (QED) is 0.585. The molecule has 0 unspecified atom stereocenters. The molecule has 0 radical (unpaired) electrons. The fourth-order valence-electron chi connectivity index (χ4n) is 2.12. The summed E-state index contributed by atoms with van der Waals surface area (Å²) in [5.74, 6) is 0.757. The summed E-state index contributed by atoms with van der Waals surface area (Å²) in [7, 11) is 0. The molecule has 1 saturated heterocycles. The number of rotatable bonds is 5. The standard InChI is InChI=1S/C17H15NO2S3/c1-12-7-10-22-14(12)11-15-16(19)18(17(21)23-15)8-9-20-13-5-3-2-4-6-13/h2-7,10-11H,8-9H2,1H3/b15-11-. The maximum atomic E-state index is 12.5. The van der Waals surface area contributed by atoms with E-state index in [1.807, 2.05) is 54.8 Å². The Morgan fingerprint density at radius 3 is 2.74 bits per heavy atom. The maximum absolute atomic E-state index is 12.5. The number of aryl methyl sites for hydroxylation is 1. The monoisotopic (exact) mass is 361 g/mol. The van der Waals surface area contributed by atoms with Crippen LogP contribution in [0.1, 0.15) is 10.4 Å². The number of thiocarbonyl (C=S) groups is 1. The van der Waals surface area contributed by atoms with E-state index in [9.17, 15) is 4.79 Å². The molecular weight excluding hydrogens is 346 g/mol. The molecule has 2 aromatic rings. The molecule has 0 bridgehead atoms. The molecule has 1 aromatic heterocycles. The van der Waals surface area contributed by atoms with Crippen LogP contribution in [-0.2, 0) is 4.79 Å². The third kappa shape index (κ3) is 3.83. The molecule has 1 aromatic carbocycles. The Hall–Kier alpha value is -1.63. The van der Waals surface area contributed by atoms with Crippen molar-refractivity contribution in [3.8, 4) is 5.75 Å². The van der Waals surface area contributed by atoms with Crippen molar-refractivity contribution < 1.29 is 9.53 Å². The summed E-state index contributed by atoms with van der Waals surface area (Å²) in [6, 6.07) is 11.6. The van der Waals surface area contributed by atoms with Crippen LogP contribution in [0.25, 0.3) is 6.08 Å². The first-order valence-electron chi connectivity index (χ1n) is 7.12. The van der Waals surface area contributed by atoms with Crippen molar-refractivity contribution >= 4 is 51.6 Å². The van der Waals surface area contributed by atoms with Crippen LogP contribution < -0.4 is 4.74 Å². The number of nitrogens with zero attached hydrogens (tertiary/aromatic N) is 1. The summed E-state index contributed by atoms with van der Waals surface area (Å²) in [6.07, 6.45) is 1.93. The topological polar surface area (TPSA) is 29.5 Å². The number of ether oxygens (including phenoxy) is 1. The molecule has 0 atom stereocenters. The average Bonchev–Trinajstić information content (AvgIpc) is 3.07. The number of carbonyl (C=O) groups excluding carboxylic acids is 1. The minimum atomic E-state index is -0.0375. The van der Waals surface area contributed by atoms with Crippen molar-refractivity contribution in [3.63, 3.8) is 0 Å². The van der Waals surface area contributed by atoms with Crippen LogP contribution >= 0.6 is 35.3 Å². The van der Waals surface area contributed by atoms with Gasteiger partial charge < -0.3 is 4.74 Å². The van der Waals surface area contributed by atoms with E-state index in [0.29, 0.717) is 22.4 Å². The molecule has 0 aliphatic carbocycles. The summed E-state index contributed by atoms with van der Waals surface area (Å²) >= 11 is 8.31. The second kappa shape index (κ2) is 7.29. The van der Waals surface area contributed by atoms with Crippen LogP contribution in [0, 0.1) is 6.92 Å². The summed E-state index contributed by atoms with van der Waals surface area (Å²) in [5, 5.41) is 2.02. The molecule has 1 aliphatic rings. The van der Waals surface area contributed by atoms with Crippen LogP contribution in [0.2, 0.25) is 0 Å². The molecule has 2 heterocycles. The molecule has 1 aliphatic heterocycles. The molecule has 118 valence electrons. The van der Waals surface area contributed by atoms with Gasteiger partial charge in [0.05, 0.1) is 11.4 Å². The SMILES string of the molecule is Cc1ccsc1/C=C1\SC(=S)N(CCOc2ccccc2)C1=O. The Morgan fingerprint density at radius 1 is 1.26 bits per heavy atom. The molecule has 0 saturated carbocycles. The summed E-state index contributed by atoms with van der Waals surface area (Å²) < 4.78 is 6.23. The Morgan fingerprint density at radius 2 is 2.04 bits per heavy atom. The number of hydrogen-bond acceptors (Lipinski definition) is 5. The molecule has 0 N–H and O–H groups in total. The molecule has 3 rings (SSSR count). The number of thioether (sulfide) groups is 1. The zero-order valence-corrected chi connectivity index (χ0v) is 15.0. The van der Waals surface area contributed by atoms with E-state index in [4.69, 9.17) is 17.0 Å². The van der Waals surface area contributed by atoms with E-state index in [2.05, 4.69) is 0 Å². The molecule has 3 nitrogen and oxygen atoms in total. The lowest BCUT2D eigenvalue weighted by Crippen LogP contribution is -2.32. The van der Waals surface area contributed by atoms with Crippen molar-refractivity contribution in [1.29, 1.82) is 0 Å². The highest BCUT2D eigenvalue weighted by Crippen LogP contribution is 2.33. The fraction of sp³-hybridized carbons (Fsp3) is 0.176. The van der Waals surface area contributed by atoms with Gasteiger partial charge in [0, 0.05) is 4.88 Å². The highest BCUT2D eigenvalue weighted by atomic mass is 32.2. The number of amides is 1. The number of hydrogen-bond donors (Lipinski definition) is 0. The molecular formula is C17H15NO2S3. The van der Waals surface area contributed by atoms with Gasteiger partial charge in [-0.05, 0) is 42.1 Å². The fourth-order valence-corrected chi connectivity index (χ4v) is 4.34.